The van der Waals surface area contributed by atoms with Crippen molar-refractivity contribution in [3.05, 3.63) is 206 Å². The predicted molar refractivity (Wildman–Crippen MR) is 213 cm³/mol. The van der Waals surface area contributed by atoms with E-state index in [-0.39, 0.29) is 0 Å². The molecule has 0 amide bonds. The van der Waals surface area contributed by atoms with Crippen LogP contribution in [0.1, 0.15) is 0 Å². The molecule has 0 fully saturated rings. The van der Waals surface area contributed by atoms with Gasteiger partial charge in [-0.1, -0.05) is 206 Å². The highest BCUT2D eigenvalue weighted by molar-refractivity contribution is 7.19. The van der Waals surface area contributed by atoms with Gasteiger partial charge in [0, 0.05) is 0 Å². The molecular weight excluding hydrogens is 605 g/mol. The van der Waals surface area contributed by atoms with E-state index >= 15 is 0 Å². The minimum atomic E-state index is -2.69. The minimum Gasteiger partial charge on any atom is -0.0623 e. The first-order valence-corrected chi connectivity index (χ1v) is 19.0. The molecule has 0 bridgehead atoms. The van der Waals surface area contributed by atoms with Gasteiger partial charge in [-0.15, -0.1) is 0 Å². The topological polar surface area (TPSA) is 0 Å². The summed E-state index contributed by atoms with van der Waals surface area (Å²) in [6.07, 6.45) is 0. The number of hydrogen-bond acceptors (Lipinski definition) is 0. The number of rotatable bonds is 6. The van der Waals surface area contributed by atoms with Crippen LogP contribution in [0.15, 0.2) is 206 Å². The van der Waals surface area contributed by atoms with Crippen molar-refractivity contribution < 1.29 is 0 Å². The van der Waals surface area contributed by atoms with Crippen LogP contribution in [-0.2, 0) is 0 Å². The van der Waals surface area contributed by atoms with E-state index in [4.69, 9.17) is 0 Å². The fourth-order valence-electron chi connectivity index (χ4n) is 8.15. The highest BCUT2D eigenvalue weighted by Gasteiger charge is 2.41. The molecule has 1 heteroatoms. The van der Waals surface area contributed by atoms with Gasteiger partial charge in [0.1, 0.15) is 0 Å². The molecular formula is C48H34Si. The first-order chi connectivity index (χ1) is 24.3. The molecule has 230 valence electrons. The molecule has 0 aliphatic rings. The third-order valence-corrected chi connectivity index (χ3v) is 15.0. The van der Waals surface area contributed by atoms with Gasteiger partial charge in [0.15, 0.2) is 8.07 Å². The summed E-state index contributed by atoms with van der Waals surface area (Å²) < 4.78 is 0. The smallest absolute Gasteiger partial charge is 0.0623 e. The van der Waals surface area contributed by atoms with E-state index in [0.717, 1.165) is 0 Å². The zero-order valence-electron chi connectivity index (χ0n) is 27.1. The van der Waals surface area contributed by atoms with Crippen LogP contribution in [0.3, 0.4) is 0 Å². The highest BCUT2D eigenvalue weighted by atomic mass is 28.3. The number of benzene rings is 9. The molecule has 0 aliphatic heterocycles. The van der Waals surface area contributed by atoms with E-state index in [1.807, 2.05) is 0 Å². The van der Waals surface area contributed by atoms with Gasteiger partial charge in [-0.05, 0) is 75.3 Å². The van der Waals surface area contributed by atoms with Crippen LogP contribution < -0.4 is 20.7 Å². The van der Waals surface area contributed by atoms with E-state index in [1.165, 1.54) is 75.3 Å². The van der Waals surface area contributed by atoms with Crippen molar-refractivity contribution >= 4 is 61.1 Å². The van der Waals surface area contributed by atoms with Gasteiger partial charge in [0.05, 0.1) is 0 Å². The Balaban J connectivity index is 1.37. The molecule has 0 radical (unpaired) electrons. The third kappa shape index (κ3) is 4.74. The van der Waals surface area contributed by atoms with Crippen molar-refractivity contribution in [2.24, 2.45) is 0 Å². The molecule has 9 aromatic carbocycles. The number of hydrogen-bond donors (Lipinski definition) is 0. The normalized spacial score (nSPS) is 11.7. The van der Waals surface area contributed by atoms with Gasteiger partial charge in [-0.2, -0.15) is 0 Å². The van der Waals surface area contributed by atoms with Crippen LogP contribution in [0.2, 0.25) is 0 Å². The van der Waals surface area contributed by atoms with Crippen LogP contribution in [0.5, 0.6) is 0 Å². The molecule has 49 heavy (non-hydrogen) atoms. The molecule has 0 heterocycles. The summed E-state index contributed by atoms with van der Waals surface area (Å²) in [5, 5.41) is 13.1. The highest BCUT2D eigenvalue weighted by Crippen LogP contribution is 2.45. The minimum absolute atomic E-state index is 1.24. The molecule has 0 atom stereocenters. The van der Waals surface area contributed by atoms with Crippen molar-refractivity contribution in [3.8, 4) is 22.3 Å². The summed E-state index contributed by atoms with van der Waals surface area (Å²) in [5.41, 5.74) is 5.10. The maximum absolute atomic E-state index is 2.69. The summed E-state index contributed by atoms with van der Waals surface area (Å²) in [4.78, 5) is 0. The largest absolute Gasteiger partial charge is 0.179 e. The van der Waals surface area contributed by atoms with Crippen LogP contribution in [-0.4, -0.2) is 8.07 Å². The van der Waals surface area contributed by atoms with Crippen molar-refractivity contribution in [3.63, 3.8) is 0 Å². The Morgan fingerprint density at radius 3 is 1.18 bits per heavy atom. The van der Waals surface area contributed by atoms with Gasteiger partial charge in [0.25, 0.3) is 0 Å². The molecule has 0 nitrogen and oxygen atoms in total. The number of fused-ring (bicyclic) bond motifs is 3. The summed E-state index contributed by atoms with van der Waals surface area (Å²) in [7, 11) is -2.69. The van der Waals surface area contributed by atoms with Crippen LogP contribution in [0.25, 0.3) is 54.6 Å². The average Bonchev–Trinajstić information content (AvgIpc) is 3.18. The van der Waals surface area contributed by atoms with E-state index in [2.05, 4.69) is 206 Å². The monoisotopic (exact) mass is 638 g/mol. The lowest BCUT2D eigenvalue weighted by Crippen LogP contribution is -2.74. The van der Waals surface area contributed by atoms with Gasteiger partial charge < -0.3 is 0 Å². The Kier molecular flexibility index (Phi) is 7.26. The van der Waals surface area contributed by atoms with Crippen molar-refractivity contribution in [1.82, 2.24) is 0 Å². The first kappa shape index (κ1) is 29.1. The Morgan fingerprint density at radius 2 is 0.653 bits per heavy atom. The molecule has 0 aliphatic carbocycles. The second-order valence-electron chi connectivity index (χ2n) is 12.8. The van der Waals surface area contributed by atoms with Gasteiger partial charge in [-0.25, -0.2) is 0 Å². The van der Waals surface area contributed by atoms with Crippen molar-refractivity contribution in [1.29, 1.82) is 0 Å². The van der Waals surface area contributed by atoms with Gasteiger partial charge in [0.2, 0.25) is 0 Å². The second kappa shape index (κ2) is 12.2. The maximum Gasteiger partial charge on any atom is 0.179 e. The Hall–Kier alpha value is -6.02. The van der Waals surface area contributed by atoms with Crippen LogP contribution in [0, 0.1) is 0 Å². The lowest BCUT2D eigenvalue weighted by atomic mass is 9.85. The van der Waals surface area contributed by atoms with E-state index in [0.29, 0.717) is 0 Å². The van der Waals surface area contributed by atoms with Gasteiger partial charge in [-0.3, -0.25) is 0 Å². The predicted octanol–water partition coefficient (Wildman–Crippen LogP) is 9.86. The van der Waals surface area contributed by atoms with E-state index in [9.17, 15) is 0 Å². The zero-order chi connectivity index (χ0) is 32.6. The second-order valence-corrected chi connectivity index (χ2v) is 16.6. The molecule has 0 saturated carbocycles. The third-order valence-electron chi connectivity index (χ3n) is 10.2. The zero-order valence-corrected chi connectivity index (χ0v) is 28.1. The lowest BCUT2D eigenvalue weighted by Gasteiger charge is -2.34. The van der Waals surface area contributed by atoms with Crippen LogP contribution >= 0.6 is 0 Å². The molecule has 9 aromatic rings. The maximum atomic E-state index is 2.50. The molecule has 9 rings (SSSR count). The average molecular weight is 639 g/mol. The van der Waals surface area contributed by atoms with Gasteiger partial charge >= 0.3 is 0 Å². The van der Waals surface area contributed by atoms with E-state index < -0.39 is 8.07 Å². The SMILES string of the molecule is c1ccc([Si](c2ccccc2)(c2ccccc2)c2cccc(-c3c4ccccc4c(-c4cccc5ccccc45)c4ccccc34)c2)cc1. The molecule has 0 unspecified atom stereocenters. The van der Waals surface area contributed by atoms with Crippen molar-refractivity contribution in [2.75, 3.05) is 0 Å². The molecule has 0 saturated heterocycles. The van der Waals surface area contributed by atoms with E-state index in [1.54, 1.807) is 0 Å². The summed E-state index contributed by atoms with van der Waals surface area (Å²) >= 11 is 0. The summed E-state index contributed by atoms with van der Waals surface area (Å²) in [5.74, 6) is 0. The Labute approximate surface area is 288 Å². The summed E-state index contributed by atoms with van der Waals surface area (Å²) in [6, 6.07) is 76.5. The quantitative estimate of drug-likeness (QED) is 0.0966. The summed E-state index contributed by atoms with van der Waals surface area (Å²) in [6.45, 7) is 0. The Bertz CT molecular complexity index is 2430. The van der Waals surface area contributed by atoms with Crippen LogP contribution in [0.4, 0.5) is 0 Å². The first-order valence-electron chi connectivity index (χ1n) is 17.0. The fraction of sp³-hybridized carbons (Fsp3) is 0. The standard InChI is InChI=1S/C48H34Si/c1-4-21-37(22-5-1)49(38-23-6-2-7-24-38,39-25-8-3-9-26-39)40-27-16-20-36(34-40)47-43-29-12-14-31-45(43)48(46-32-15-13-30-44(46)47)42-33-17-19-35-18-10-11-28-41(35)42/h1-34H. The van der Waals surface area contributed by atoms with Crippen molar-refractivity contribution in [2.45, 2.75) is 0 Å². The fourth-order valence-corrected chi connectivity index (χ4v) is 12.9. The molecule has 0 aromatic heterocycles. The molecule has 0 N–H and O–H groups in total. The Morgan fingerprint density at radius 1 is 0.265 bits per heavy atom. The molecule has 0 spiro atoms. The lowest BCUT2D eigenvalue weighted by molar-refractivity contribution is 1.65.